The Balaban J connectivity index is 1.92. The van der Waals surface area contributed by atoms with E-state index < -0.39 is 0 Å². The molecule has 0 fully saturated rings. The first-order valence-corrected chi connectivity index (χ1v) is 8.22. The minimum atomic E-state index is -0.368. The summed E-state index contributed by atoms with van der Waals surface area (Å²) in [5.41, 5.74) is 3.99. The number of rotatable bonds is 6. The van der Waals surface area contributed by atoms with Crippen LogP contribution in [0.15, 0.2) is 47.6 Å². The molecule has 1 amide bonds. The summed E-state index contributed by atoms with van der Waals surface area (Å²) in [7, 11) is 0. The summed E-state index contributed by atoms with van der Waals surface area (Å²) in [5.74, 6) is 0.637. The minimum Gasteiger partial charge on any atom is -0.483 e. The lowest BCUT2D eigenvalue weighted by Gasteiger charge is -2.13. The highest BCUT2D eigenvalue weighted by Gasteiger charge is 2.09. The van der Waals surface area contributed by atoms with Crippen LogP contribution in [0.25, 0.3) is 0 Å². The molecular formula is C18H18Cl2N2O2. The van der Waals surface area contributed by atoms with Crippen LogP contribution in [0, 0.1) is 0 Å². The molecule has 0 aromatic heterocycles. The number of carbonyl (C=O) groups is 1. The van der Waals surface area contributed by atoms with Crippen molar-refractivity contribution >= 4 is 35.3 Å². The summed E-state index contributed by atoms with van der Waals surface area (Å²) in [6.07, 6.45) is 1.41. The van der Waals surface area contributed by atoms with Gasteiger partial charge in [0.05, 0.1) is 16.3 Å². The molecule has 0 saturated heterocycles. The van der Waals surface area contributed by atoms with E-state index in [4.69, 9.17) is 27.9 Å². The maximum Gasteiger partial charge on any atom is 0.277 e. The van der Waals surface area contributed by atoms with Crippen LogP contribution in [0.1, 0.15) is 30.9 Å². The van der Waals surface area contributed by atoms with Crippen LogP contribution in [0.5, 0.6) is 5.75 Å². The molecule has 4 nitrogen and oxygen atoms in total. The predicted octanol–water partition coefficient (Wildman–Crippen LogP) is 4.65. The Labute approximate surface area is 151 Å². The summed E-state index contributed by atoms with van der Waals surface area (Å²) < 4.78 is 5.57. The van der Waals surface area contributed by atoms with E-state index in [0.29, 0.717) is 27.3 Å². The van der Waals surface area contributed by atoms with Crippen LogP contribution in [0.4, 0.5) is 0 Å². The fourth-order valence-corrected chi connectivity index (χ4v) is 2.56. The SMILES string of the molecule is CC(C)c1ccccc1OCC(=O)N/N=C/c1c(Cl)cccc1Cl. The van der Waals surface area contributed by atoms with Gasteiger partial charge in [-0.3, -0.25) is 4.79 Å². The smallest absolute Gasteiger partial charge is 0.277 e. The van der Waals surface area contributed by atoms with Gasteiger partial charge in [-0.2, -0.15) is 5.10 Å². The number of benzene rings is 2. The average molecular weight is 365 g/mol. The zero-order valence-electron chi connectivity index (χ0n) is 13.4. The van der Waals surface area contributed by atoms with Gasteiger partial charge >= 0.3 is 0 Å². The van der Waals surface area contributed by atoms with Crippen molar-refractivity contribution in [1.29, 1.82) is 0 Å². The van der Waals surface area contributed by atoms with Crippen molar-refractivity contribution in [3.8, 4) is 5.75 Å². The van der Waals surface area contributed by atoms with Gasteiger partial charge in [-0.1, -0.05) is 61.3 Å². The monoisotopic (exact) mass is 364 g/mol. The number of hydrogen-bond acceptors (Lipinski definition) is 3. The number of nitrogens with zero attached hydrogens (tertiary/aromatic N) is 1. The van der Waals surface area contributed by atoms with E-state index in [1.54, 1.807) is 18.2 Å². The molecule has 6 heteroatoms. The third-order valence-electron chi connectivity index (χ3n) is 3.28. The fraction of sp³-hybridized carbons (Fsp3) is 0.222. The molecule has 0 spiro atoms. The lowest BCUT2D eigenvalue weighted by Crippen LogP contribution is -2.25. The van der Waals surface area contributed by atoms with E-state index in [0.717, 1.165) is 5.56 Å². The molecule has 0 aliphatic heterocycles. The summed E-state index contributed by atoms with van der Waals surface area (Å²) in [6, 6.07) is 12.8. The standard InChI is InChI=1S/C18H18Cl2N2O2/c1-12(2)13-6-3-4-9-17(13)24-11-18(23)22-21-10-14-15(19)7-5-8-16(14)20/h3-10,12H,11H2,1-2H3,(H,22,23)/b21-10+. The zero-order chi connectivity index (χ0) is 17.5. The lowest BCUT2D eigenvalue weighted by atomic mass is 10.0. The van der Waals surface area contributed by atoms with Crippen molar-refractivity contribution in [2.24, 2.45) is 5.10 Å². The van der Waals surface area contributed by atoms with Crippen molar-refractivity contribution in [3.05, 3.63) is 63.6 Å². The van der Waals surface area contributed by atoms with Gasteiger partial charge in [0.1, 0.15) is 5.75 Å². The number of carbonyl (C=O) groups excluding carboxylic acids is 1. The number of ether oxygens (including phenoxy) is 1. The Morgan fingerprint density at radius 3 is 2.50 bits per heavy atom. The minimum absolute atomic E-state index is 0.128. The van der Waals surface area contributed by atoms with Gasteiger partial charge in [0.2, 0.25) is 0 Å². The molecule has 2 rings (SSSR count). The van der Waals surface area contributed by atoms with Crippen molar-refractivity contribution < 1.29 is 9.53 Å². The Hall–Kier alpha value is -2.04. The lowest BCUT2D eigenvalue weighted by molar-refractivity contribution is -0.123. The van der Waals surface area contributed by atoms with E-state index in [1.165, 1.54) is 6.21 Å². The van der Waals surface area contributed by atoms with Gasteiger partial charge < -0.3 is 4.74 Å². The number of hydrogen-bond donors (Lipinski definition) is 1. The number of nitrogens with one attached hydrogen (secondary N) is 1. The second-order valence-electron chi connectivity index (χ2n) is 5.41. The van der Waals surface area contributed by atoms with Crippen molar-refractivity contribution in [1.82, 2.24) is 5.43 Å². The second kappa shape index (κ2) is 8.71. The van der Waals surface area contributed by atoms with Crippen LogP contribution in [-0.4, -0.2) is 18.7 Å². The molecular weight excluding hydrogens is 347 g/mol. The molecule has 0 atom stereocenters. The third-order valence-corrected chi connectivity index (χ3v) is 3.94. The molecule has 0 heterocycles. The van der Waals surface area contributed by atoms with Gasteiger partial charge in [-0.25, -0.2) is 5.43 Å². The molecule has 0 radical (unpaired) electrons. The van der Waals surface area contributed by atoms with Crippen LogP contribution in [0.3, 0.4) is 0 Å². The second-order valence-corrected chi connectivity index (χ2v) is 6.22. The highest BCUT2D eigenvalue weighted by molar-refractivity contribution is 6.38. The normalized spacial score (nSPS) is 11.0. The molecule has 1 N–H and O–H groups in total. The van der Waals surface area contributed by atoms with Crippen molar-refractivity contribution in [2.75, 3.05) is 6.61 Å². The summed E-state index contributed by atoms with van der Waals surface area (Å²) in [6.45, 7) is 4.01. The van der Waals surface area contributed by atoms with E-state index in [2.05, 4.69) is 24.4 Å². The number of para-hydroxylation sites is 1. The molecule has 0 aliphatic rings. The van der Waals surface area contributed by atoms with Crippen LogP contribution < -0.4 is 10.2 Å². The quantitative estimate of drug-likeness (QED) is 0.599. The Bertz CT molecular complexity index is 725. The highest BCUT2D eigenvalue weighted by Crippen LogP contribution is 2.25. The largest absolute Gasteiger partial charge is 0.483 e. The number of hydrazone groups is 1. The van der Waals surface area contributed by atoms with Crippen molar-refractivity contribution in [3.63, 3.8) is 0 Å². The van der Waals surface area contributed by atoms with Crippen LogP contribution in [-0.2, 0) is 4.79 Å². The Morgan fingerprint density at radius 1 is 1.17 bits per heavy atom. The zero-order valence-corrected chi connectivity index (χ0v) is 14.9. The van der Waals surface area contributed by atoms with Gasteiger partial charge in [0.15, 0.2) is 6.61 Å². The van der Waals surface area contributed by atoms with E-state index in [1.807, 2.05) is 24.3 Å². The third kappa shape index (κ3) is 4.98. The maximum absolute atomic E-state index is 11.8. The first-order chi connectivity index (χ1) is 11.5. The molecule has 0 aliphatic carbocycles. The van der Waals surface area contributed by atoms with Gasteiger partial charge in [-0.15, -0.1) is 0 Å². The fourth-order valence-electron chi connectivity index (χ4n) is 2.07. The van der Waals surface area contributed by atoms with Gasteiger partial charge in [0, 0.05) is 5.56 Å². The molecule has 2 aromatic carbocycles. The van der Waals surface area contributed by atoms with Gasteiger partial charge in [0.25, 0.3) is 5.91 Å². The highest BCUT2D eigenvalue weighted by atomic mass is 35.5. The molecule has 24 heavy (non-hydrogen) atoms. The van der Waals surface area contributed by atoms with E-state index >= 15 is 0 Å². The van der Waals surface area contributed by atoms with Gasteiger partial charge in [-0.05, 0) is 29.7 Å². The molecule has 0 unspecified atom stereocenters. The first-order valence-electron chi connectivity index (χ1n) is 7.46. The molecule has 0 saturated carbocycles. The van der Waals surface area contributed by atoms with E-state index in [-0.39, 0.29) is 12.5 Å². The molecule has 126 valence electrons. The summed E-state index contributed by atoms with van der Waals surface area (Å²) >= 11 is 12.0. The van der Waals surface area contributed by atoms with Crippen LogP contribution in [0.2, 0.25) is 10.0 Å². The summed E-state index contributed by atoms with van der Waals surface area (Å²) in [4.78, 5) is 11.8. The van der Waals surface area contributed by atoms with Crippen LogP contribution >= 0.6 is 23.2 Å². The molecule has 2 aromatic rings. The average Bonchev–Trinajstić information content (AvgIpc) is 2.56. The predicted molar refractivity (Wildman–Crippen MR) is 98.2 cm³/mol. The Morgan fingerprint density at radius 2 is 1.83 bits per heavy atom. The topological polar surface area (TPSA) is 50.7 Å². The van der Waals surface area contributed by atoms with Crippen molar-refractivity contribution in [2.45, 2.75) is 19.8 Å². The number of amides is 1. The first kappa shape index (κ1) is 18.3. The maximum atomic E-state index is 11.8. The Kier molecular flexibility index (Phi) is 6.64. The molecule has 0 bridgehead atoms. The van der Waals surface area contributed by atoms with E-state index in [9.17, 15) is 4.79 Å². The summed E-state index contributed by atoms with van der Waals surface area (Å²) in [5, 5.41) is 4.78. The number of halogens is 2.